The lowest BCUT2D eigenvalue weighted by Gasteiger charge is -2.34. The minimum absolute atomic E-state index is 0.144. The summed E-state index contributed by atoms with van der Waals surface area (Å²) in [4.78, 5) is 4.56. The van der Waals surface area contributed by atoms with Crippen LogP contribution in [-0.4, -0.2) is 16.7 Å². The molecule has 0 saturated heterocycles. The van der Waals surface area contributed by atoms with E-state index in [2.05, 4.69) is 10.1 Å². The number of benzene rings is 1. The van der Waals surface area contributed by atoms with Crippen LogP contribution in [0.3, 0.4) is 0 Å². The third-order valence-corrected chi connectivity index (χ3v) is 4.79. The molecule has 1 heterocycles. The van der Waals surface area contributed by atoms with E-state index in [0.717, 1.165) is 30.4 Å². The summed E-state index contributed by atoms with van der Waals surface area (Å²) in [6.07, 6.45) is 6.91. The zero-order valence-electron chi connectivity index (χ0n) is 12.9. The van der Waals surface area contributed by atoms with E-state index >= 15 is 0 Å². The van der Waals surface area contributed by atoms with E-state index in [4.69, 9.17) is 16.0 Å². The quantitative estimate of drug-likeness (QED) is 0.885. The summed E-state index contributed by atoms with van der Waals surface area (Å²) in [5.41, 5.74) is 13.8. The second-order valence-corrected chi connectivity index (χ2v) is 6.35. The molecule has 1 fully saturated rings. The summed E-state index contributed by atoms with van der Waals surface area (Å²) in [6.45, 7) is 1.23. The van der Waals surface area contributed by atoms with Crippen molar-refractivity contribution in [2.24, 2.45) is 16.9 Å². The van der Waals surface area contributed by atoms with Crippen molar-refractivity contribution in [1.82, 2.24) is 10.1 Å². The average Bonchev–Trinajstić information content (AvgIpc) is 3.04. The molecule has 22 heavy (non-hydrogen) atoms. The Labute approximate surface area is 131 Å². The molecule has 1 aliphatic carbocycles. The predicted octanol–water partition coefficient (Wildman–Crippen LogP) is 2.65. The zero-order chi connectivity index (χ0) is 15.4. The molecule has 5 nitrogen and oxygen atoms in total. The molecule has 1 aromatic carbocycles. The molecule has 0 bridgehead atoms. The molecule has 1 aromatic heterocycles. The molecule has 0 radical (unpaired) electrons. The zero-order valence-corrected chi connectivity index (χ0v) is 12.9. The van der Waals surface area contributed by atoms with E-state index in [0.29, 0.717) is 24.8 Å². The molecular weight excluding hydrogens is 276 g/mol. The van der Waals surface area contributed by atoms with Gasteiger partial charge in [-0.3, -0.25) is 0 Å². The first-order valence-electron chi connectivity index (χ1n) is 8.07. The van der Waals surface area contributed by atoms with Gasteiger partial charge in [-0.05, 0) is 30.4 Å². The molecule has 1 saturated carbocycles. The molecule has 0 amide bonds. The van der Waals surface area contributed by atoms with E-state index < -0.39 is 0 Å². The Bertz CT molecular complexity index is 599. The Hall–Kier alpha value is -1.72. The normalized spacial score (nSPS) is 17.5. The van der Waals surface area contributed by atoms with Crippen LogP contribution in [-0.2, 0) is 13.0 Å². The minimum atomic E-state index is 0.144. The lowest BCUT2D eigenvalue weighted by molar-refractivity contribution is 0.177. The van der Waals surface area contributed by atoms with Crippen LogP contribution >= 0.6 is 0 Å². The first-order valence-corrected chi connectivity index (χ1v) is 8.07. The van der Waals surface area contributed by atoms with Crippen molar-refractivity contribution in [3.05, 3.63) is 35.7 Å². The second kappa shape index (κ2) is 6.58. The van der Waals surface area contributed by atoms with Crippen molar-refractivity contribution < 1.29 is 4.52 Å². The van der Waals surface area contributed by atoms with Gasteiger partial charge >= 0.3 is 0 Å². The van der Waals surface area contributed by atoms with E-state index in [1.54, 1.807) is 0 Å². The summed E-state index contributed by atoms with van der Waals surface area (Å²) >= 11 is 0. The highest BCUT2D eigenvalue weighted by atomic mass is 16.5. The van der Waals surface area contributed by atoms with E-state index in [-0.39, 0.29) is 5.41 Å². The lowest BCUT2D eigenvalue weighted by Crippen LogP contribution is -2.35. The maximum atomic E-state index is 6.03. The van der Waals surface area contributed by atoms with Gasteiger partial charge in [-0.25, -0.2) is 0 Å². The highest BCUT2D eigenvalue weighted by molar-refractivity contribution is 5.54. The third kappa shape index (κ3) is 3.20. The number of nitrogens with zero attached hydrogens (tertiary/aromatic N) is 2. The molecule has 3 rings (SSSR count). The fourth-order valence-corrected chi connectivity index (χ4v) is 3.31. The minimum Gasteiger partial charge on any atom is -0.339 e. The standard InChI is InChI=1S/C17H24N4O/c18-11-13-4-6-14(7-5-13)16-20-15(22-21-16)10-17(12-19)8-2-1-3-9-17/h4-7H,1-3,8-12,18-19H2. The maximum Gasteiger partial charge on any atom is 0.227 e. The third-order valence-electron chi connectivity index (χ3n) is 4.79. The Balaban J connectivity index is 1.75. The van der Waals surface area contributed by atoms with Crippen LogP contribution in [0.5, 0.6) is 0 Å². The molecule has 2 aromatic rings. The van der Waals surface area contributed by atoms with Gasteiger partial charge in [0.2, 0.25) is 11.7 Å². The van der Waals surface area contributed by atoms with Crippen molar-refractivity contribution in [3.8, 4) is 11.4 Å². The van der Waals surface area contributed by atoms with E-state index in [9.17, 15) is 0 Å². The summed E-state index contributed by atoms with van der Waals surface area (Å²) in [6, 6.07) is 7.95. The molecule has 0 spiro atoms. The summed E-state index contributed by atoms with van der Waals surface area (Å²) in [5.74, 6) is 1.34. The summed E-state index contributed by atoms with van der Waals surface area (Å²) < 4.78 is 5.46. The molecular formula is C17H24N4O. The lowest BCUT2D eigenvalue weighted by atomic mass is 9.72. The van der Waals surface area contributed by atoms with Gasteiger partial charge in [-0.15, -0.1) is 0 Å². The number of rotatable bonds is 5. The molecule has 4 N–H and O–H groups in total. The van der Waals surface area contributed by atoms with Crippen LogP contribution in [0, 0.1) is 5.41 Å². The van der Waals surface area contributed by atoms with Crippen molar-refractivity contribution >= 4 is 0 Å². The Kier molecular flexibility index (Phi) is 4.55. The topological polar surface area (TPSA) is 91.0 Å². The van der Waals surface area contributed by atoms with Crippen molar-refractivity contribution in [1.29, 1.82) is 0 Å². The summed E-state index contributed by atoms with van der Waals surface area (Å²) in [5, 5.41) is 4.11. The Morgan fingerprint density at radius 1 is 1.05 bits per heavy atom. The highest BCUT2D eigenvalue weighted by Gasteiger charge is 2.32. The van der Waals surface area contributed by atoms with E-state index in [1.165, 1.54) is 19.3 Å². The second-order valence-electron chi connectivity index (χ2n) is 6.35. The SMILES string of the molecule is NCc1ccc(-c2noc(CC3(CN)CCCCC3)n2)cc1. The van der Waals surface area contributed by atoms with Gasteiger partial charge < -0.3 is 16.0 Å². The fourth-order valence-electron chi connectivity index (χ4n) is 3.31. The number of hydrogen-bond acceptors (Lipinski definition) is 5. The monoisotopic (exact) mass is 300 g/mol. The van der Waals surface area contributed by atoms with Crippen LogP contribution in [0.2, 0.25) is 0 Å². The van der Waals surface area contributed by atoms with Crippen LogP contribution in [0.25, 0.3) is 11.4 Å². The average molecular weight is 300 g/mol. The summed E-state index contributed by atoms with van der Waals surface area (Å²) in [7, 11) is 0. The smallest absolute Gasteiger partial charge is 0.227 e. The van der Waals surface area contributed by atoms with E-state index in [1.807, 2.05) is 24.3 Å². The number of nitrogens with two attached hydrogens (primary N) is 2. The van der Waals surface area contributed by atoms with Crippen LogP contribution in [0.4, 0.5) is 0 Å². The molecule has 5 heteroatoms. The first kappa shape index (κ1) is 15.2. The largest absolute Gasteiger partial charge is 0.339 e. The van der Waals surface area contributed by atoms with Crippen molar-refractivity contribution in [2.75, 3.05) is 6.54 Å². The van der Waals surface area contributed by atoms with Gasteiger partial charge in [0, 0.05) is 18.5 Å². The van der Waals surface area contributed by atoms with Crippen LogP contribution in [0.1, 0.15) is 43.6 Å². The number of aromatic nitrogens is 2. The van der Waals surface area contributed by atoms with Crippen molar-refractivity contribution in [2.45, 2.75) is 45.1 Å². The molecule has 118 valence electrons. The molecule has 0 unspecified atom stereocenters. The number of hydrogen-bond donors (Lipinski definition) is 2. The van der Waals surface area contributed by atoms with Gasteiger partial charge in [0.15, 0.2) is 0 Å². The van der Waals surface area contributed by atoms with Crippen molar-refractivity contribution in [3.63, 3.8) is 0 Å². The first-order chi connectivity index (χ1) is 10.7. The van der Waals surface area contributed by atoms with Gasteiger partial charge in [-0.1, -0.05) is 48.7 Å². The fraction of sp³-hybridized carbons (Fsp3) is 0.529. The Morgan fingerprint density at radius 3 is 2.41 bits per heavy atom. The molecule has 0 atom stereocenters. The van der Waals surface area contributed by atoms with Gasteiger partial charge in [0.05, 0.1) is 0 Å². The Morgan fingerprint density at radius 2 is 1.77 bits per heavy atom. The van der Waals surface area contributed by atoms with Crippen LogP contribution < -0.4 is 11.5 Å². The molecule has 1 aliphatic rings. The van der Waals surface area contributed by atoms with Gasteiger partial charge in [0.25, 0.3) is 0 Å². The molecule has 0 aliphatic heterocycles. The van der Waals surface area contributed by atoms with Crippen LogP contribution in [0.15, 0.2) is 28.8 Å². The van der Waals surface area contributed by atoms with Gasteiger partial charge in [-0.2, -0.15) is 4.98 Å². The van der Waals surface area contributed by atoms with Gasteiger partial charge in [0.1, 0.15) is 0 Å². The maximum absolute atomic E-state index is 6.03. The predicted molar refractivity (Wildman–Crippen MR) is 85.9 cm³/mol. The highest BCUT2D eigenvalue weighted by Crippen LogP contribution is 2.38.